The fourth-order valence-electron chi connectivity index (χ4n) is 4.28. The molecular weight excluding hydrogens is 402 g/mol. The molecule has 6 nitrogen and oxygen atoms in total. The molecule has 0 atom stereocenters. The van der Waals surface area contributed by atoms with Gasteiger partial charge in [-0.2, -0.15) is 5.26 Å². The molecule has 32 heavy (non-hydrogen) atoms. The third-order valence-electron chi connectivity index (χ3n) is 5.66. The van der Waals surface area contributed by atoms with Crippen LogP contribution in [0.4, 0.5) is 0 Å². The molecule has 0 amide bonds. The molecule has 0 saturated heterocycles. The van der Waals surface area contributed by atoms with Crippen molar-refractivity contribution in [3.8, 4) is 6.07 Å². The van der Waals surface area contributed by atoms with Gasteiger partial charge in [-0.05, 0) is 30.5 Å². The van der Waals surface area contributed by atoms with Crippen LogP contribution in [-0.4, -0.2) is 21.7 Å². The normalized spacial score (nSPS) is 11.2. The molecule has 0 bridgehead atoms. The minimum absolute atomic E-state index is 0.0215. The molecule has 0 spiro atoms. The van der Waals surface area contributed by atoms with Gasteiger partial charge in [0.1, 0.15) is 18.1 Å². The van der Waals surface area contributed by atoms with Gasteiger partial charge in [0.2, 0.25) is 0 Å². The van der Waals surface area contributed by atoms with Crippen LogP contribution in [0.2, 0.25) is 0 Å². The quantitative estimate of drug-likeness (QED) is 0.423. The highest BCUT2D eigenvalue weighted by atomic mass is 16.5. The molecular formula is C26H25N3O3. The summed E-state index contributed by atoms with van der Waals surface area (Å²) in [6, 6.07) is 19.6. The molecule has 4 rings (SSSR count). The monoisotopic (exact) mass is 427 g/mol. The fraction of sp³-hybridized carbons (Fsp3) is 0.269. The van der Waals surface area contributed by atoms with Crippen molar-refractivity contribution in [1.29, 1.82) is 5.26 Å². The van der Waals surface area contributed by atoms with Gasteiger partial charge in [-0.1, -0.05) is 56.3 Å². The number of hydrogen-bond acceptors (Lipinski definition) is 4. The van der Waals surface area contributed by atoms with Crippen molar-refractivity contribution >= 4 is 27.8 Å². The van der Waals surface area contributed by atoms with Crippen molar-refractivity contribution in [2.75, 3.05) is 6.61 Å². The summed E-state index contributed by atoms with van der Waals surface area (Å²) in [5.74, 6) is -0.424. The maximum atomic E-state index is 13.8. The number of carbonyl (C=O) groups is 1. The number of esters is 1. The van der Waals surface area contributed by atoms with Crippen LogP contribution >= 0.6 is 0 Å². The van der Waals surface area contributed by atoms with E-state index < -0.39 is 5.97 Å². The lowest BCUT2D eigenvalue weighted by Gasteiger charge is -2.16. The molecule has 0 N–H and O–H groups in total. The Balaban J connectivity index is 2.10. The van der Waals surface area contributed by atoms with Crippen LogP contribution in [0.1, 0.15) is 43.5 Å². The van der Waals surface area contributed by atoms with Crippen LogP contribution in [-0.2, 0) is 22.6 Å². The first-order valence-electron chi connectivity index (χ1n) is 10.7. The number of aromatic nitrogens is 2. The van der Waals surface area contributed by atoms with E-state index in [9.17, 15) is 14.9 Å². The minimum atomic E-state index is -0.445. The van der Waals surface area contributed by atoms with E-state index in [0.29, 0.717) is 17.6 Å². The third kappa shape index (κ3) is 3.67. The molecule has 0 unspecified atom stereocenters. The second-order valence-electron chi connectivity index (χ2n) is 8.07. The van der Waals surface area contributed by atoms with Crippen LogP contribution in [0.3, 0.4) is 0 Å². The fourth-order valence-corrected chi connectivity index (χ4v) is 4.28. The Morgan fingerprint density at radius 3 is 2.44 bits per heavy atom. The summed E-state index contributed by atoms with van der Waals surface area (Å²) in [6.45, 7) is 6.28. The van der Waals surface area contributed by atoms with E-state index in [1.165, 1.54) is 4.57 Å². The zero-order chi connectivity index (χ0) is 22.8. The number of benzene rings is 2. The molecule has 0 saturated carbocycles. The lowest BCUT2D eigenvalue weighted by molar-refractivity contribution is -0.143. The Labute approximate surface area is 186 Å². The Bertz CT molecular complexity index is 1410. The molecule has 2 heterocycles. The predicted octanol–water partition coefficient (Wildman–Crippen LogP) is 4.56. The number of pyridine rings is 1. The zero-order valence-corrected chi connectivity index (χ0v) is 18.5. The minimum Gasteiger partial charge on any atom is -0.465 e. The van der Waals surface area contributed by atoms with E-state index in [2.05, 4.69) is 6.07 Å². The lowest BCUT2D eigenvalue weighted by atomic mass is 10.0. The zero-order valence-electron chi connectivity index (χ0n) is 18.5. The first-order valence-corrected chi connectivity index (χ1v) is 10.7. The summed E-state index contributed by atoms with van der Waals surface area (Å²) < 4.78 is 8.54. The van der Waals surface area contributed by atoms with Gasteiger partial charge in [-0.3, -0.25) is 14.2 Å². The van der Waals surface area contributed by atoms with Gasteiger partial charge in [-0.25, -0.2) is 0 Å². The van der Waals surface area contributed by atoms with Crippen molar-refractivity contribution in [2.45, 2.75) is 39.8 Å². The highest BCUT2D eigenvalue weighted by molar-refractivity contribution is 6.09. The Hall–Kier alpha value is -3.85. The van der Waals surface area contributed by atoms with Crippen LogP contribution in [0.25, 0.3) is 21.8 Å². The van der Waals surface area contributed by atoms with Crippen LogP contribution in [0.15, 0.2) is 59.4 Å². The van der Waals surface area contributed by atoms with Gasteiger partial charge < -0.3 is 9.30 Å². The molecule has 0 aliphatic carbocycles. The summed E-state index contributed by atoms with van der Waals surface area (Å²) in [6.07, 6.45) is 0. The number of rotatable bonds is 6. The Kier molecular flexibility index (Phi) is 5.83. The first kappa shape index (κ1) is 21.4. The second-order valence-corrected chi connectivity index (χ2v) is 8.07. The smallest absolute Gasteiger partial charge is 0.326 e. The summed E-state index contributed by atoms with van der Waals surface area (Å²) in [7, 11) is 0. The molecule has 0 radical (unpaired) electrons. The predicted molar refractivity (Wildman–Crippen MR) is 125 cm³/mol. The molecule has 0 aliphatic rings. The summed E-state index contributed by atoms with van der Waals surface area (Å²) in [5.41, 5.74) is 3.25. The Morgan fingerprint density at radius 1 is 1.03 bits per heavy atom. The van der Waals surface area contributed by atoms with Gasteiger partial charge in [0, 0.05) is 23.0 Å². The van der Waals surface area contributed by atoms with Crippen molar-refractivity contribution in [1.82, 2.24) is 9.13 Å². The van der Waals surface area contributed by atoms with Crippen LogP contribution in [0.5, 0.6) is 0 Å². The third-order valence-corrected chi connectivity index (χ3v) is 5.66. The van der Waals surface area contributed by atoms with Gasteiger partial charge in [0.25, 0.3) is 5.56 Å². The molecule has 2 aromatic heterocycles. The van der Waals surface area contributed by atoms with Crippen molar-refractivity contribution in [2.24, 2.45) is 0 Å². The largest absolute Gasteiger partial charge is 0.465 e. The van der Waals surface area contributed by atoms with Gasteiger partial charge >= 0.3 is 5.97 Å². The molecule has 4 aromatic rings. The van der Waals surface area contributed by atoms with E-state index in [-0.39, 0.29) is 24.6 Å². The van der Waals surface area contributed by atoms with Gasteiger partial charge in [0.05, 0.1) is 17.7 Å². The van der Waals surface area contributed by atoms with Gasteiger partial charge in [-0.15, -0.1) is 0 Å². The van der Waals surface area contributed by atoms with E-state index in [1.54, 1.807) is 13.0 Å². The first-order chi connectivity index (χ1) is 15.5. The molecule has 6 heteroatoms. The van der Waals surface area contributed by atoms with E-state index in [4.69, 9.17) is 4.74 Å². The van der Waals surface area contributed by atoms with E-state index >= 15 is 0 Å². The summed E-state index contributed by atoms with van der Waals surface area (Å²) in [4.78, 5) is 26.1. The maximum Gasteiger partial charge on any atom is 0.326 e. The summed E-state index contributed by atoms with van der Waals surface area (Å²) >= 11 is 0. The highest BCUT2D eigenvalue weighted by Gasteiger charge is 2.22. The summed E-state index contributed by atoms with van der Waals surface area (Å²) in [5, 5.41) is 11.4. The highest BCUT2D eigenvalue weighted by Crippen LogP contribution is 2.32. The number of nitriles is 1. The number of hydrogen-bond donors (Lipinski definition) is 0. The molecule has 2 aromatic carbocycles. The molecule has 162 valence electrons. The molecule has 0 fully saturated rings. The molecule has 0 aliphatic heterocycles. The SMILES string of the molecule is CCOC(=O)Cn1c(C(C)C)cc2c3cccc(C#N)c3n(Cc3ccccc3)c2c1=O. The average molecular weight is 428 g/mol. The van der Waals surface area contributed by atoms with E-state index in [0.717, 1.165) is 27.5 Å². The van der Waals surface area contributed by atoms with Gasteiger partial charge in [0.15, 0.2) is 0 Å². The maximum absolute atomic E-state index is 13.8. The number of carbonyl (C=O) groups excluding carboxylic acids is 1. The number of ether oxygens (including phenoxy) is 1. The number of fused-ring (bicyclic) bond motifs is 3. The topological polar surface area (TPSA) is 77.0 Å². The van der Waals surface area contributed by atoms with Crippen molar-refractivity contribution < 1.29 is 9.53 Å². The van der Waals surface area contributed by atoms with Crippen LogP contribution < -0.4 is 5.56 Å². The number of nitrogens with zero attached hydrogens (tertiary/aromatic N) is 3. The Morgan fingerprint density at radius 2 is 1.78 bits per heavy atom. The van der Waals surface area contributed by atoms with E-state index in [1.807, 2.05) is 66.9 Å². The number of para-hydroxylation sites is 1. The van der Waals surface area contributed by atoms with Crippen LogP contribution in [0, 0.1) is 11.3 Å². The lowest BCUT2D eigenvalue weighted by Crippen LogP contribution is -2.30. The standard InChI is InChI=1S/C26H25N3O3/c1-4-32-23(30)16-28-22(17(2)3)13-21-20-12-8-11-19(14-27)24(20)29(25(21)26(28)31)15-18-9-6-5-7-10-18/h5-13,17H,4,15-16H2,1-3H3. The second kappa shape index (κ2) is 8.72. The average Bonchev–Trinajstić information content (AvgIpc) is 3.10. The van der Waals surface area contributed by atoms with Crippen molar-refractivity contribution in [3.63, 3.8) is 0 Å². The van der Waals surface area contributed by atoms with Crippen molar-refractivity contribution in [3.05, 3.63) is 81.8 Å².